The minimum absolute atomic E-state index is 0.0295. The highest BCUT2D eigenvalue weighted by atomic mass is 35.5. The van der Waals surface area contributed by atoms with Crippen molar-refractivity contribution >= 4 is 23.3 Å². The summed E-state index contributed by atoms with van der Waals surface area (Å²) in [6, 6.07) is 6.34. The number of terminal acetylenes is 1. The van der Waals surface area contributed by atoms with Crippen LogP contribution in [-0.4, -0.2) is 12.6 Å². The van der Waals surface area contributed by atoms with Gasteiger partial charge in [-0.05, 0) is 25.1 Å². The fraction of sp³-hybridized carbons (Fsp3) is 0.118. The molecule has 0 aliphatic rings. The van der Waals surface area contributed by atoms with Gasteiger partial charge in [-0.15, -0.1) is 6.42 Å². The van der Waals surface area contributed by atoms with Crippen molar-refractivity contribution in [2.45, 2.75) is 6.92 Å². The Kier molecular flexibility index (Phi) is 5.09. The maximum absolute atomic E-state index is 13.5. The first-order valence-electron chi connectivity index (χ1n) is 6.66. The molecule has 0 bridgehead atoms. The molecule has 0 aromatic heterocycles. The monoisotopic (exact) mass is 333 g/mol. The number of nitrogens with two attached hydrogens (primary N) is 1. The van der Waals surface area contributed by atoms with Gasteiger partial charge in [-0.1, -0.05) is 17.5 Å². The summed E-state index contributed by atoms with van der Waals surface area (Å²) in [6.07, 6.45) is 5.34. The van der Waals surface area contributed by atoms with E-state index in [4.69, 9.17) is 33.2 Å². The van der Waals surface area contributed by atoms with Gasteiger partial charge < -0.3 is 15.2 Å². The lowest BCUT2D eigenvalue weighted by atomic mass is 10.1. The van der Waals surface area contributed by atoms with Crippen LogP contribution in [0.25, 0.3) is 0 Å². The number of carbonyl (C=O) groups excluding carboxylic acids is 1. The van der Waals surface area contributed by atoms with Crippen molar-refractivity contribution in [3.63, 3.8) is 0 Å². The van der Waals surface area contributed by atoms with E-state index in [2.05, 4.69) is 5.92 Å². The third-order valence-corrected chi connectivity index (χ3v) is 3.21. The molecule has 0 heterocycles. The summed E-state index contributed by atoms with van der Waals surface area (Å²) in [5, 5.41) is 0.181. The van der Waals surface area contributed by atoms with Crippen LogP contribution < -0.4 is 10.5 Å². The molecule has 0 saturated heterocycles. The largest absolute Gasteiger partial charge is 0.462 e. The Morgan fingerprint density at radius 1 is 1.35 bits per heavy atom. The lowest BCUT2D eigenvalue weighted by Gasteiger charge is -2.13. The topological polar surface area (TPSA) is 61.5 Å². The SMILES string of the molecule is C#Cc1cc(Oc2cc(F)ccc2C(=O)OCC)c(Cl)cc1N. The van der Waals surface area contributed by atoms with E-state index in [1.165, 1.54) is 18.2 Å². The number of esters is 1. The van der Waals surface area contributed by atoms with E-state index in [1.807, 2.05) is 0 Å². The molecule has 0 saturated carbocycles. The third-order valence-electron chi connectivity index (χ3n) is 2.92. The fourth-order valence-electron chi connectivity index (χ4n) is 1.85. The third kappa shape index (κ3) is 3.74. The molecule has 0 aliphatic heterocycles. The Balaban J connectivity index is 2.46. The summed E-state index contributed by atoms with van der Waals surface area (Å²) in [4.78, 5) is 11.9. The van der Waals surface area contributed by atoms with Gasteiger partial charge in [-0.25, -0.2) is 9.18 Å². The Labute approximate surface area is 138 Å². The van der Waals surface area contributed by atoms with E-state index >= 15 is 0 Å². The van der Waals surface area contributed by atoms with Gasteiger partial charge in [0.1, 0.15) is 22.9 Å². The van der Waals surface area contributed by atoms with Crippen molar-refractivity contribution in [1.82, 2.24) is 0 Å². The molecule has 0 radical (unpaired) electrons. The number of hydrogen-bond donors (Lipinski definition) is 1. The lowest BCUT2D eigenvalue weighted by molar-refractivity contribution is 0.0523. The van der Waals surface area contributed by atoms with Crippen LogP contribution in [-0.2, 0) is 4.74 Å². The minimum Gasteiger partial charge on any atom is -0.462 e. The molecule has 0 spiro atoms. The van der Waals surface area contributed by atoms with Crippen LogP contribution in [0.1, 0.15) is 22.8 Å². The van der Waals surface area contributed by atoms with Gasteiger partial charge in [0.2, 0.25) is 0 Å². The molecular formula is C17H13ClFNO3. The average molecular weight is 334 g/mol. The Morgan fingerprint density at radius 2 is 2.09 bits per heavy atom. The standard InChI is InChI=1S/C17H13ClFNO3/c1-3-10-7-16(13(18)9-14(10)20)23-15-8-11(19)5-6-12(15)17(21)22-4-2/h1,5-9H,4,20H2,2H3. The second kappa shape index (κ2) is 7.03. The molecule has 118 valence electrons. The number of ether oxygens (including phenoxy) is 2. The molecular weight excluding hydrogens is 321 g/mol. The summed E-state index contributed by atoms with van der Waals surface area (Å²) in [7, 11) is 0. The van der Waals surface area contributed by atoms with Gasteiger partial charge in [-0.2, -0.15) is 0 Å². The Hall–Kier alpha value is -2.71. The van der Waals surface area contributed by atoms with Crippen molar-refractivity contribution in [1.29, 1.82) is 0 Å². The van der Waals surface area contributed by atoms with Crippen LogP contribution in [0.2, 0.25) is 5.02 Å². The first-order chi connectivity index (χ1) is 11.0. The molecule has 6 heteroatoms. The van der Waals surface area contributed by atoms with Gasteiger partial charge >= 0.3 is 5.97 Å². The van der Waals surface area contributed by atoms with Crippen LogP contribution in [0.5, 0.6) is 11.5 Å². The van der Waals surface area contributed by atoms with Crippen molar-refractivity contribution in [3.8, 4) is 23.8 Å². The van der Waals surface area contributed by atoms with Gasteiger partial charge in [-0.3, -0.25) is 0 Å². The van der Waals surface area contributed by atoms with Gasteiger partial charge in [0.25, 0.3) is 0 Å². The molecule has 0 amide bonds. The second-order valence-electron chi connectivity index (χ2n) is 4.48. The molecule has 2 N–H and O–H groups in total. The summed E-state index contributed by atoms with van der Waals surface area (Å²) in [6.45, 7) is 1.84. The number of hydrogen-bond acceptors (Lipinski definition) is 4. The number of halogens is 2. The van der Waals surface area contributed by atoms with Crippen molar-refractivity contribution < 1.29 is 18.7 Å². The first kappa shape index (κ1) is 16.7. The molecule has 23 heavy (non-hydrogen) atoms. The Bertz CT molecular complexity index is 799. The lowest BCUT2D eigenvalue weighted by Crippen LogP contribution is -2.07. The molecule has 0 aliphatic carbocycles. The smallest absolute Gasteiger partial charge is 0.341 e. The summed E-state index contributed by atoms with van der Waals surface area (Å²) in [5.41, 5.74) is 6.48. The number of rotatable bonds is 4. The molecule has 2 aromatic rings. The van der Waals surface area contributed by atoms with Crippen molar-refractivity contribution in [2.24, 2.45) is 0 Å². The van der Waals surface area contributed by atoms with Crippen molar-refractivity contribution in [3.05, 3.63) is 52.3 Å². The molecule has 2 rings (SSSR count). The number of nitrogen functional groups attached to an aromatic ring is 1. The number of benzene rings is 2. The summed E-state index contributed by atoms with van der Waals surface area (Å²) >= 11 is 6.06. The highest BCUT2D eigenvalue weighted by Crippen LogP contribution is 2.35. The maximum atomic E-state index is 13.5. The van der Waals surface area contributed by atoms with Gasteiger partial charge in [0.15, 0.2) is 0 Å². The second-order valence-corrected chi connectivity index (χ2v) is 4.88. The minimum atomic E-state index is -0.633. The predicted molar refractivity (Wildman–Crippen MR) is 86.2 cm³/mol. The number of anilines is 1. The van der Waals surface area contributed by atoms with Gasteiger partial charge in [0.05, 0.1) is 17.2 Å². The van der Waals surface area contributed by atoms with E-state index in [1.54, 1.807) is 6.92 Å². The zero-order valence-electron chi connectivity index (χ0n) is 12.2. The van der Waals surface area contributed by atoms with Crippen molar-refractivity contribution in [2.75, 3.05) is 12.3 Å². The van der Waals surface area contributed by atoms with Crippen LogP contribution >= 0.6 is 11.6 Å². The van der Waals surface area contributed by atoms with Crippen LogP contribution in [0.3, 0.4) is 0 Å². The summed E-state index contributed by atoms with van der Waals surface area (Å²) in [5.74, 6) is 1.31. The molecule has 4 nitrogen and oxygen atoms in total. The van der Waals surface area contributed by atoms with E-state index < -0.39 is 11.8 Å². The van der Waals surface area contributed by atoms with Crippen LogP contribution in [0, 0.1) is 18.2 Å². The first-order valence-corrected chi connectivity index (χ1v) is 7.04. The van der Waals surface area contributed by atoms with Crippen LogP contribution in [0.4, 0.5) is 10.1 Å². The molecule has 2 aromatic carbocycles. The number of carbonyl (C=O) groups is 1. The zero-order valence-corrected chi connectivity index (χ0v) is 13.0. The average Bonchev–Trinajstić information content (AvgIpc) is 2.50. The molecule has 0 fully saturated rings. The van der Waals surface area contributed by atoms with E-state index in [-0.39, 0.29) is 28.7 Å². The normalized spacial score (nSPS) is 10.0. The van der Waals surface area contributed by atoms with Crippen LogP contribution in [0.15, 0.2) is 30.3 Å². The highest BCUT2D eigenvalue weighted by Gasteiger charge is 2.17. The zero-order chi connectivity index (χ0) is 17.0. The van der Waals surface area contributed by atoms with E-state index in [0.29, 0.717) is 11.3 Å². The Morgan fingerprint density at radius 3 is 2.74 bits per heavy atom. The highest BCUT2D eigenvalue weighted by molar-refractivity contribution is 6.32. The molecule has 0 unspecified atom stereocenters. The van der Waals surface area contributed by atoms with E-state index in [0.717, 1.165) is 12.1 Å². The van der Waals surface area contributed by atoms with Gasteiger partial charge in [0, 0.05) is 17.8 Å². The predicted octanol–water partition coefficient (Wildman–Crippen LogP) is 4.01. The summed E-state index contributed by atoms with van der Waals surface area (Å²) < 4.78 is 24.0. The fourth-order valence-corrected chi connectivity index (χ4v) is 2.06. The maximum Gasteiger partial charge on any atom is 0.341 e. The quantitative estimate of drug-likeness (QED) is 0.521. The van der Waals surface area contributed by atoms with E-state index in [9.17, 15) is 9.18 Å². The molecule has 0 atom stereocenters.